The van der Waals surface area contributed by atoms with Crippen LogP contribution in [0, 0.1) is 0 Å². The molecule has 0 atom stereocenters. The van der Waals surface area contributed by atoms with Gasteiger partial charge in [-0.1, -0.05) is 18.2 Å². The average molecular weight is 395 g/mol. The molecule has 2 saturated heterocycles. The van der Waals surface area contributed by atoms with Gasteiger partial charge >= 0.3 is 0 Å². The lowest BCUT2D eigenvalue weighted by Gasteiger charge is -2.15. The first kappa shape index (κ1) is 19.3. The molecule has 2 aliphatic heterocycles. The van der Waals surface area contributed by atoms with Crippen LogP contribution >= 0.6 is 0 Å². The van der Waals surface area contributed by atoms with E-state index >= 15 is 0 Å². The van der Waals surface area contributed by atoms with Crippen molar-refractivity contribution < 1.29 is 9.47 Å². The predicted octanol–water partition coefficient (Wildman–Crippen LogP) is 3.38. The van der Waals surface area contributed by atoms with Crippen LogP contribution in [-0.4, -0.2) is 47.8 Å². The molecule has 1 aromatic carbocycles. The monoisotopic (exact) mass is 395 g/mol. The largest absolute Gasteiger partial charge is 0.381 e. The Balaban J connectivity index is 1.52. The van der Waals surface area contributed by atoms with Gasteiger partial charge in [-0.15, -0.1) is 0 Å². The molecule has 0 spiro atoms. The Kier molecular flexibility index (Phi) is 6.61. The molecule has 9 heteroatoms. The van der Waals surface area contributed by atoms with E-state index in [0.29, 0.717) is 44.0 Å². The van der Waals surface area contributed by atoms with Gasteiger partial charge in [0.25, 0.3) is 0 Å². The summed E-state index contributed by atoms with van der Waals surface area (Å²) in [5, 5.41) is 12.2. The molecule has 1 aromatic heterocycles. The third-order valence-corrected chi connectivity index (χ3v) is 4.55. The quantitative estimate of drug-likeness (QED) is 0.644. The van der Waals surface area contributed by atoms with Crippen molar-refractivity contribution in [1.29, 1.82) is 0 Å². The van der Waals surface area contributed by atoms with E-state index in [2.05, 4.69) is 36.3 Å². The molecule has 0 radical (unpaired) electrons. The number of hydrogen-bond donors (Lipinski definition) is 3. The van der Waals surface area contributed by atoms with Crippen LogP contribution in [0.5, 0.6) is 0 Å². The maximum atomic E-state index is 5.37. The zero-order valence-corrected chi connectivity index (χ0v) is 16.2. The SMILES string of the molecule is c1ccc(Nc2cc(NN=C3CCOCC3)nc(NN=C3CCOCC3)n2)cc1. The number of para-hydroxylation sites is 1. The summed E-state index contributed by atoms with van der Waals surface area (Å²) < 4.78 is 10.7. The molecule has 0 aliphatic carbocycles. The number of benzene rings is 1. The first-order chi connectivity index (χ1) is 14.3. The van der Waals surface area contributed by atoms with Crippen LogP contribution in [0.3, 0.4) is 0 Å². The van der Waals surface area contributed by atoms with Gasteiger partial charge in [0.05, 0.1) is 26.4 Å². The first-order valence-corrected chi connectivity index (χ1v) is 9.85. The molecule has 152 valence electrons. The van der Waals surface area contributed by atoms with Gasteiger partial charge < -0.3 is 14.8 Å². The highest BCUT2D eigenvalue weighted by Crippen LogP contribution is 2.19. The fourth-order valence-corrected chi connectivity index (χ4v) is 2.99. The minimum absolute atomic E-state index is 0.402. The van der Waals surface area contributed by atoms with E-state index < -0.39 is 0 Å². The molecule has 29 heavy (non-hydrogen) atoms. The number of aromatic nitrogens is 2. The number of nitrogens with zero attached hydrogens (tertiary/aromatic N) is 4. The molecule has 0 saturated carbocycles. The molecule has 0 bridgehead atoms. The van der Waals surface area contributed by atoms with Gasteiger partial charge in [0.1, 0.15) is 5.82 Å². The Morgan fingerprint density at radius 3 is 1.97 bits per heavy atom. The molecule has 0 unspecified atom stereocenters. The highest BCUT2D eigenvalue weighted by atomic mass is 16.5. The summed E-state index contributed by atoms with van der Waals surface area (Å²) in [6, 6.07) is 11.7. The van der Waals surface area contributed by atoms with E-state index in [-0.39, 0.29) is 0 Å². The van der Waals surface area contributed by atoms with Crippen LogP contribution in [0.15, 0.2) is 46.6 Å². The minimum atomic E-state index is 0.402. The van der Waals surface area contributed by atoms with Gasteiger partial charge in [-0.25, -0.2) is 5.43 Å². The first-order valence-electron chi connectivity index (χ1n) is 9.85. The highest BCUT2D eigenvalue weighted by molar-refractivity contribution is 5.86. The van der Waals surface area contributed by atoms with Gasteiger partial charge in [-0.2, -0.15) is 20.2 Å². The molecular formula is C20H25N7O2. The minimum Gasteiger partial charge on any atom is -0.381 e. The van der Waals surface area contributed by atoms with Gasteiger partial charge in [0.2, 0.25) is 5.95 Å². The molecule has 3 N–H and O–H groups in total. The van der Waals surface area contributed by atoms with Crippen molar-refractivity contribution in [3.05, 3.63) is 36.4 Å². The lowest BCUT2D eigenvalue weighted by atomic mass is 10.2. The Morgan fingerprint density at radius 2 is 1.31 bits per heavy atom. The van der Waals surface area contributed by atoms with Gasteiger partial charge in [-0.05, 0) is 12.1 Å². The number of rotatable bonds is 6. The predicted molar refractivity (Wildman–Crippen MR) is 114 cm³/mol. The summed E-state index contributed by atoms with van der Waals surface area (Å²) in [5.41, 5.74) is 9.10. The van der Waals surface area contributed by atoms with Crippen LogP contribution < -0.4 is 16.2 Å². The Bertz CT molecular complexity index is 806. The molecular weight excluding hydrogens is 370 g/mol. The third-order valence-electron chi connectivity index (χ3n) is 4.55. The lowest BCUT2D eigenvalue weighted by molar-refractivity contribution is 0.134. The topological polar surface area (TPSA) is 105 Å². The fourth-order valence-electron chi connectivity index (χ4n) is 2.99. The zero-order chi connectivity index (χ0) is 19.7. The standard InChI is InChI=1S/C20H25N7O2/c1-2-4-15(5-3-1)21-18-14-19(26-24-16-6-10-28-11-7-16)23-20(22-18)27-25-17-8-12-29-13-9-17/h1-5,14H,6-13H2,(H3,21,22,23,26,27). The number of ether oxygens (including phenoxy) is 2. The molecule has 0 amide bonds. The van der Waals surface area contributed by atoms with E-state index in [1.807, 2.05) is 36.4 Å². The van der Waals surface area contributed by atoms with E-state index in [1.165, 1.54) is 0 Å². The third kappa shape index (κ3) is 5.97. The number of anilines is 4. The Hall–Kier alpha value is -3.04. The molecule has 3 heterocycles. The summed E-state index contributed by atoms with van der Waals surface area (Å²) in [6.45, 7) is 2.81. The summed E-state index contributed by atoms with van der Waals surface area (Å²) in [5.74, 6) is 1.64. The normalized spacial score (nSPS) is 16.8. The average Bonchev–Trinajstić information content (AvgIpc) is 2.78. The van der Waals surface area contributed by atoms with Crippen molar-refractivity contribution in [3.8, 4) is 0 Å². The van der Waals surface area contributed by atoms with E-state index in [4.69, 9.17) is 9.47 Å². The molecule has 2 aliphatic rings. The summed E-state index contributed by atoms with van der Waals surface area (Å²) in [7, 11) is 0. The van der Waals surface area contributed by atoms with Crippen molar-refractivity contribution in [2.24, 2.45) is 10.2 Å². The second kappa shape index (κ2) is 9.94. The molecule has 2 fully saturated rings. The van der Waals surface area contributed by atoms with Crippen molar-refractivity contribution in [1.82, 2.24) is 9.97 Å². The van der Waals surface area contributed by atoms with Crippen molar-refractivity contribution >= 4 is 34.7 Å². The Morgan fingerprint density at radius 1 is 0.724 bits per heavy atom. The number of hydrazone groups is 2. The van der Waals surface area contributed by atoms with E-state index in [1.54, 1.807) is 0 Å². The van der Waals surface area contributed by atoms with Gasteiger partial charge in [0.15, 0.2) is 5.82 Å². The molecule has 4 rings (SSSR count). The zero-order valence-electron chi connectivity index (χ0n) is 16.2. The number of nitrogens with one attached hydrogen (secondary N) is 3. The van der Waals surface area contributed by atoms with Crippen LogP contribution in [0.4, 0.5) is 23.3 Å². The fraction of sp³-hybridized carbons (Fsp3) is 0.400. The molecule has 9 nitrogen and oxygen atoms in total. The Labute approximate surface area is 169 Å². The lowest BCUT2D eigenvalue weighted by Crippen LogP contribution is -2.17. The second-order valence-electron chi connectivity index (χ2n) is 6.76. The van der Waals surface area contributed by atoms with Crippen LogP contribution in [0.25, 0.3) is 0 Å². The highest BCUT2D eigenvalue weighted by Gasteiger charge is 2.10. The number of hydrogen-bond acceptors (Lipinski definition) is 9. The maximum absolute atomic E-state index is 5.37. The van der Waals surface area contributed by atoms with E-state index in [9.17, 15) is 0 Å². The van der Waals surface area contributed by atoms with Crippen molar-refractivity contribution in [2.75, 3.05) is 42.6 Å². The van der Waals surface area contributed by atoms with Crippen molar-refractivity contribution in [2.45, 2.75) is 25.7 Å². The van der Waals surface area contributed by atoms with Crippen LogP contribution in [0.1, 0.15) is 25.7 Å². The smallest absolute Gasteiger partial charge is 0.247 e. The summed E-state index contributed by atoms with van der Waals surface area (Å²) in [6.07, 6.45) is 3.29. The molecule has 2 aromatic rings. The van der Waals surface area contributed by atoms with E-state index in [0.717, 1.165) is 42.8 Å². The van der Waals surface area contributed by atoms with Crippen LogP contribution in [-0.2, 0) is 9.47 Å². The van der Waals surface area contributed by atoms with Gasteiger partial charge in [-0.3, -0.25) is 5.43 Å². The summed E-state index contributed by atoms with van der Waals surface area (Å²) >= 11 is 0. The van der Waals surface area contributed by atoms with Gasteiger partial charge in [0, 0.05) is 48.9 Å². The van der Waals surface area contributed by atoms with Crippen LogP contribution in [0.2, 0.25) is 0 Å². The summed E-state index contributed by atoms with van der Waals surface area (Å²) in [4.78, 5) is 9.02. The second-order valence-corrected chi connectivity index (χ2v) is 6.76. The van der Waals surface area contributed by atoms with Crippen molar-refractivity contribution in [3.63, 3.8) is 0 Å². The maximum Gasteiger partial charge on any atom is 0.247 e.